The first kappa shape index (κ1) is 14.7. The van der Waals surface area contributed by atoms with E-state index in [2.05, 4.69) is 0 Å². The Balaban J connectivity index is 0. The summed E-state index contributed by atoms with van der Waals surface area (Å²) in [5.41, 5.74) is 0. The molecule has 80 valence electrons. The molecule has 0 amide bonds. The Hall–Kier alpha value is 0.238. The molecule has 0 saturated heterocycles. The van der Waals surface area contributed by atoms with Gasteiger partial charge in [0.2, 0.25) is 0 Å². The van der Waals surface area contributed by atoms with Crippen LogP contribution < -0.4 is 0 Å². The summed E-state index contributed by atoms with van der Waals surface area (Å²) in [4.78, 5) is 0. The van der Waals surface area contributed by atoms with E-state index in [0.29, 0.717) is 0 Å². The summed E-state index contributed by atoms with van der Waals surface area (Å²) in [7, 11) is -5.42. The Labute approximate surface area is 64.1 Å². The molecule has 3 nitrogen and oxygen atoms in total. The van der Waals surface area contributed by atoms with E-state index < -0.39 is 30.0 Å². The fourth-order valence-electron chi connectivity index (χ4n) is 0. The first-order valence-corrected chi connectivity index (χ1v) is 8.77. The van der Waals surface area contributed by atoms with Crippen LogP contribution in [0, 0.1) is 0 Å². The molecule has 0 aliphatic heterocycles. The molecule has 12 heteroatoms. The van der Waals surface area contributed by atoms with Gasteiger partial charge in [0.1, 0.15) is 0 Å². The first-order chi connectivity index (χ1) is 4.45. The van der Waals surface area contributed by atoms with Gasteiger partial charge in [-0.15, -0.1) is 3.89 Å². The molecule has 0 heterocycles. The van der Waals surface area contributed by atoms with E-state index >= 15 is 0 Å². The number of halogens is 7. The number of hydrogen-bond donors (Lipinski definition) is 0. The van der Waals surface area contributed by atoms with Crippen molar-refractivity contribution in [3.63, 3.8) is 0 Å². The Morgan fingerprint density at radius 3 is 0.917 bits per heavy atom. The van der Waals surface area contributed by atoms with Crippen LogP contribution in [0.25, 0.3) is 0 Å². The van der Waals surface area contributed by atoms with E-state index in [1.54, 1.807) is 0 Å². The molecule has 0 spiro atoms. The monoisotopic (exact) mass is 334 g/mol. The second kappa shape index (κ2) is 2.61. The molecule has 0 atom stereocenters. The molecule has 0 N–H and O–H groups in total. The van der Waals surface area contributed by atoms with E-state index in [-0.39, 0.29) is 0 Å². The predicted octanol–water partition coefficient (Wildman–Crippen LogP) is 1.56. The van der Waals surface area contributed by atoms with Crippen molar-refractivity contribution in [3.8, 4) is 0 Å². The summed E-state index contributed by atoms with van der Waals surface area (Å²) in [5.74, 6) is 0. The van der Waals surface area contributed by atoms with Gasteiger partial charge in [-0.3, -0.25) is 0 Å². The third-order valence-corrected chi connectivity index (χ3v) is 0. The molecule has 0 aliphatic rings. The van der Waals surface area contributed by atoms with Crippen LogP contribution in [-0.2, 0) is 10.5 Å². The maximum atomic E-state index is 10.1. The zero-order valence-corrected chi connectivity index (χ0v) is 8.10. The fraction of sp³-hybridized carbons (Fsp3) is 0. The van der Waals surface area contributed by atoms with Crippen LogP contribution in [0.5, 0.6) is 0 Å². The predicted molar refractivity (Wildman–Crippen MR) is 23.2 cm³/mol. The number of hydrogen-bond acceptors (Lipinski definition) is 3. The van der Waals surface area contributed by atoms with Gasteiger partial charge in [-0.25, -0.2) is 8.42 Å². The van der Waals surface area contributed by atoms with Gasteiger partial charge in [0.25, 0.3) is 10.5 Å². The van der Waals surface area contributed by atoms with Gasteiger partial charge in [0, 0.05) is 0 Å². The van der Waals surface area contributed by atoms with Gasteiger partial charge >= 0.3 is 36.4 Å². The van der Waals surface area contributed by atoms with Gasteiger partial charge in [0.05, 0.1) is 0 Å². The summed E-state index contributed by atoms with van der Waals surface area (Å²) in [5, 5.41) is 0. The molecule has 0 aromatic rings. The second-order valence-electron chi connectivity index (χ2n) is 1.35. The van der Waals surface area contributed by atoms with Crippen molar-refractivity contribution in [2.24, 2.45) is 0 Å². The summed E-state index contributed by atoms with van der Waals surface area (Å²) in [6.45, 7) is 0. The van der Waals surface area contributed by atoms with Gasteiger partial charge in [-0.05, 0) is 0 Å². The zero-order valence-electron chi connectivity index (χ0n) is 4.73. The Morgan fingerprint density at radius 2 is 0.917 bits per heavy atom. The minimum absolute atomic E-state index is 5.42. The Bertz CT molecular complexity index is 220. The quantitative estimate of drug-likeness (QED) is 0.292. The fourth-order valence-corrected chi connectivity index (χ4v) is 0. The molecular formula is F7O3SSb-2. The van der Waals surface area contributed by atoms with Crippen molar-refractivity contribution in [2.75, 3.05) is 0 Å². The molecule has 0 saturated carbocycles. The van der Waals surface area contributed by atoms with Crippen molar-refractivity contribution < 1.29 is 33.7 Å². The van der Waals surface area contributed by atoms with Crippen molar-refractivity contribution in [2.45, 2.75) is 0 Å². The van der Waals surface area contributed by atoms with Crippen LogP contribution in [0.1, 0.15) is 0 Å². The molecule has 12 heavy (non-hydrogen) atoms. The summed E-state index contributed by atoms with van der Waals surface area (Å²) >= 11 is -11.2. The van der Waals surface area contributed by atoms with E-state index in [1.807, 2.05) is 0 Å². The van der Waals surface area contributed by atoms with Gasteiger partial charge in [-0.1, -0.05) is 0 Å². The van der Waals surface area contributed by atoms with Gasteiger partial charge in [-0.2, -0.15) is 0 Å². The molecule has 0 rings (SSSR count). The third kappa shape index (κ3) is 15400. The average Bonchev–Trinajstić information content (AvgIpc) is 1.04. The topological polar surface area (TPSA) is 57.2 Å². The van der Waals surface area contributed by atoms with E-state index in [0.717, 1.165) is 0 Å². The van der Waals surface area contributed by atoms with Crippen molar-refractivity contribution in [1.82, 2.24) is 0 Å². The SMILES string of the molecule is O=S(=O)([O-])F.[F][Sb-]([F])([F])([F])([F])[F]. The molecule has 0 aromatic carbocycles. The normalized spacial score (nSPS) is 18.3. The van der Waals surface area contributed by atoms with Gasteiger partial charge < -0.3 is 4.55 Å². The van der Waals surface area contributed by atoms with Crippen LogP contribution >= 0.6 is 0 Å². The Kier molecular flexibility index (Phi) is 3.21. The first-order valence-electron chi connectivity index (χ1n) is 1.67. The zero-order chi connectivity index (χ0) is 10.9. The van der Waals surface area contributed by atoms with E-state index in [1.165, 1.54) is 0 Å². The number of rotatable bonds is 0. The maximum absolute atomic E-state index is 11.2. The molecule has 0 unspecified atom stereocenters. The molecule has 0 radical (unpaired) electrons. The minimum atomic E-state index is -11.2. The van der Waals surface area contributed by atoms with Crippen molar-refractivity contribution >= 4 is 30.0 Å². The average molecular weight is 335 g/mol. The van der Waals surface area contributed by atoms with Crippen LogP contribution in [0.3, 0.4) is 0 Å². The van der Waals surface area contributed by atoms with Crippen molar-refractivity contribution in [1.29, 1.82) is 0 Å². The second-order valence-corrected chi connectivity index (χ2v) is 7.61. The van der Waals surface area contributed by atoms with Crippen LogP contribution in [0.2, 0.25) is 0 Å². The summed E-state index contributed by atoms with van der Waals surface area (Å²) in [6, 6.07) is 0. The molecular weight excluding hydrogens is 335 g/mol. The Morgan fingerprint density at radius 1 is 0.917 bits per heavy atom. The van der Waals surface area contributed by atoms with Crippen LogP contribution in [0.15, 0.2) is 0 Å². The molecule has 0 aliphatic carbocycles. The van der Waals surface area contributed by atoms with Crippen molar-refractivity contribution in [3.05, 3.63) is 0 Å². The summed E-state index contributed by atoms with van der Waals surface area (Å²) < 4.78 is 94.9. The summed E-state index contributed by atoms with van der Waals surface area (Å²) in [6.07, 6.45) is 0. The van der Waals surface area contributed by atoms with E-state index in [9.17, 15) is 20.8 Å². The molecule has 0 aromatic heterocycles. The van der Waals surface area contributed by atoms with E-state index in [4.69, 9.17) is 13.0 Å². The van der Waals surface area contributed by atoms with Gasteiger partial charge in [0.15, 0.2) is 0 Å². The van der Waals surface area contributed by atoms with Crippen LogP contribution in [0.4, 0.5) is 20.8 Å². The third-order valence-electron chi connectivity index (χ3n) is 0. The molecule has 0 bridgehead atoms. The van der Waals surface area contributed by atoms with Crippen LogP contribution in [-0.4, -0.2) is 32.4 Å². The standard InChI is InChI=1S/FHO3S.6FH.Sb/c1-5(2,3)4;;;;;;;/h(H,2,3,4);6*1H;/q;;;;;;;+5/p-7. The molecule has 0 fully saturated rings.